The van der Waals surface area contributed by atoms with Crippen LogP contribution >= 0.6 is 0 Å². The highest BCUT2D eigenvalue weighted by molar-refractivity contribution is 5.56. The second-order valence-corrected chi connectivity index (χ2v) is 3.28. The number of aldehydes is 1. The van der Waals surface area contributed by atoms with E-state index in [1.807, 2.05) is 11.5 Å². The molecule has 0 bridgehead atoms. The molecule has 64 valence electrons. The van der Waals surface area contributed by atoms with Gasteiger partial charge in [-0.15, -0.1) is 0 Å². The van der Waals surface area contributed by atoms with Crippen LogP contribution in [0.4, 0.5) is 0 Å². The van der Waals surface area contributed by atoms with Crippen molar-refractivity contribution in [3.63, 3.8) is 0 Å². The van der Waals surface area contributed by atoms with Gasteiger partial charge in [0.05, 0.1) is 18.1 Å². The van der Waals surface area contributed by atoms with Gasteiger partial charge >= 0.3 is 0 Å². The second-order valence-electron chi connectivity index (χ2n) is 3.28. The maximum absolute atomic E-state index is 10.7. The van der Waals surface area contributed by atoms with Crippen molar-refractivity contribution in [3.8, 4) is 0 Å². The minimum absolute atomic E-state index is 0.0370. The number of aromatic nitrogens is 2. The third kappa shape index (κ3) is 0.967. The molecule has 2 heterocycles. The Morgan fingerprint density at radius 2 is 2.58 bits per heavy atom. The highest BCUT2D eigenvalue weighted by Crippen LogP contribution is 2.24. The summed E-state index contributed by atoms with van der Waals surface area (Å²) in [6.45, 7) is 2.00. The Bertz CT molecular complexity index is 303. The first-order valence-electron chi connectivity index (χ1n) is 4.30. The van der Waals surface area contributed by atoms with E-state index in [4.69, 9.17) is 0 Å². The van der Waals surface area contributed by atoms with Crippen molar-refractivity contribution in [2.45, 2.75) is 32.2 Å². The fraction of sp³-hybridized carbons (Fsp3) is 0.556. The highest BCUT2D eigenvalue weighted by atomic mass is 16.1. The van der Waals surface area contributed by atoms with E-state index in [1.54, 1.807) is 6.33 Å². The normalized spacial score (nSPS) is 21.9. The van der Waals surface area contributed by atoms with Gasteiger partial charge in [0.25, 0.3) is 0 Å². The van der Waals surface area contributed by atoms with E-state index in [-0.39, 0.29) is 6.04 Å². The van der Waals surface area contributed by atoms with Crippen molar-refractivity contribution in [2.75, 3.05) is 0 Å². The zero-order valence-corrected chi connectivity index (χ0v) is 7.16. The topological polar surface area (TPSA) is 34.9 Å². The lowest BCUT2D eigenvalue weighted by molar-refractivity contribution is -0.111. The molecule has 1 aromatic rings. The van der Waals surface area contributed by atoms with Crippen LogP contribution in [0.5, 0.6) is 0 Å². The van der Waals surface area contributed by atoms with E-state index in [0.29, 0.717) is 0 Å². The number of imidazole rings is 1. The summed E-state index contributed by atoms with van der Waals surface area (Å²) in [6, 6.07) is 0.0370. The van der Waals surface area contributed by atoms with Gasteiger partial charge in [-0.05, 0) is 26.2 Å². The molecule has 1 atom stereocenters. The van der Waals surface area contributed by atoms with Crippen LogP contribution in [0.25, 0.3) is 0 Å². The molecule has 0 aromatic carbocycles. The molecule has 3 nitrogen and oxygen atoms in total. The molecule has 0 aliphatic carbocycles. The van der Waals surface area contributed by atoms with Crippen molar-refractivity contribution in [3.05, 3.63) is 17.7 Å². The van der Waals surface area contributed by atoms with Gasteiger partial charge in [-0.1, -0.05) is 0 Å². The number of aryl methyl sites for hydroxylation is 1. The molecule has 1 aliphatic rings. The Kier molecular flexibility index (Phi) is 1.71. The van der Waals surface area contributed by atoms with Crippen LogP contribution in [-0.2, 0) is 11.2 Å². The van der Waals surface area contributed by atoms with Gasteiger partial charge in [0, 0.05) is 5.69 Å². The van der Waals surface area contributed by atoms with Gasteiger partial charge in [-0.3, -0.25) is 0 Å². The van der Waals surface area contributed by atoms with Crippen LogP contribution in [0.1, 0.15) is 30.3 Å². The summed E-state index contributed by atoms with van der Waals surface area (Å²) in [4.78, 5) is 14.9. The van der Waals surface area contributed by atoms with Crippen LogP contribution in [0.15, 0.2) is 6.33 Å². The SMILES string of the molecule is Cc1ncn2c1CCCC2C=O. The van der Waals surface area contributed by atoms with Crippen LogP contribution in [0.3, 0.4) is 0 Å². The number of fused-ring (bicyclic) bond motifs is 1. The summed E-state index contributed by atoms with van der Waals surface area (Å²) in [5, 5.41) is 0. The predicted octanol–water partition coefficient (Wildman–Crippen LogP) is 1.27. The van der Waals surface area contributed by atoms with Gasteiger partial charge in [0.1, 0.15) is 6.29 Å². The van der Waals surface area contributed by atoms with Gasteiger partial charge in [0.15, 0.2) is 0 Å². The Hall–Kier alpha value is -1.12. The van der Waals surface area contributed by atoms with Crippen LogP contribution < -0.4 is 0 Å². The number of nitrogens with zero attached hydrogens (tertiary/aromatic N) is 2. The number of hydrogen-bond donors (Lipinski definition) is 0. The number of carbonyl (C=O) groups is 1. The van der Waals surface area contributed by atoms with E-state index >= 15 is 0 Å². The summed E-state index contributed by atoms with van der Waals surface area (Å²) in [5.74, 6) is 0. The van der Waals surface area contributed by atoms with E-state index in [2.05, 4.69) is 4.98 Å². The number of carbonyl (C=O) groups excluding carboxylic acids is 1. The largest absolute Gasteiger partial charge is 0.324 e. The Morgan fingerprint density at radius 1 is 1.75 bits per heavy atom. The molecule has 2 rings (SSSR count). The monoisotopic (exact) mass is 164 g/mol. The van der Waals surface area contributed by atoms with Crippen LogP contribution in [-0.4, -0.2) is 15.8 Å². The molecule has 12 heavy (non-hydrogen) atoms. The van der Waals surface area contributed by atoms with E-state index in [9.17, 15) is 4.79 Å². The molecule has 0 amide bonds. The zero-order valence-electron chi connectivity index (χ0n) is 7.16. The smallest absolute Gasteiger partial charge is 0.142 e. The molecule has 0 N–H and O–H groups in total. The van der Waals surface area contributed by atoms with E-state index in [0.717, 1.165) is 31.2 Å². The standard InChI is InChI=1S/C9H12N2O/c1-7-9-4-2-3-8(5-12)11(9)6-10-7/h5-6,8H,2-4H2,1H3. The van der Waals surface area contributed by atoms with Crippen molar-refractivity contribution >= 4 is 6.29 Å². The summed E-state index contributed by atoms with van der Waals surface area (Å²) in [6.07, 6.45) is 5.94. The molecule has 1 aromatic heterocycles. The van der Waals surface area contributed by atoms with E-state index in [1.165, 1.54) is 5.69 Å². The Labute approximate surface area is 71.4 Å². The van der Waals surface area contributed by atoms with Crippen molar-refractivity contribution < 1.29 is 4.79 Å². The van der Waals surface area contributed by atoms with Crippen LogP contribution in [0, 0.1) is 6.92 Å². The first-order chi connectivity index (χ1) is 5.83. The fourth-order valence-electron chi connectivity index (χ4n) is 1.83. The zero-order chi connectivity index (χ0) is 8.55. The molecule has 0 fully saturated rings. The summed E-state index contributed by atoms with van der Waals surface area (Å²) in [7, 11) is 0. The second kappa shape index (κ2) is 2.73. The molecular formula is C9H12N2O. The molecular weight excluding hydrogens is 152 g/mol. The number of rotatable bonds is 1. The molecule has 0 saturated heterocycles. The predicted molar refractivity (Wildman–Crippen MR) is 45.0 cm³/mol. The average molecular weight is 164 g/mol. The van der Waals surface area contributed by atoms with Crippen molar-refractivity contribution in [2.24, 2.45) is 0 Å². The molecule has 1 aliphatic heterocycles. The maximum Gasteiger partial charge on any atom is 0.142 e. The summed E-state index contributed by atoms with van der Waals surface area (Å²) >= 11 is 0. The maximum atomic E-state index is 10.7. The summed E-state index contributed by atoms with van der Waals surface area (Å²) < 4.78 is 2.01. The van der Waals surface area contributed by atoms with Crippen molar-refractivity contribution in [1.29, 1.82) is 0 Å². The van der Waals surface area contributed by atoms with Crippen LogP contribution in [0.2, 0.25) is 0 Å². The van der Waals surface area contributed by atoms with Gasteiger partial charge in [-0.2, -0.15) is 0 Å². The van der Waals surface area contributed by atoms with Gasteiger partial charge in [-0.25, -0.2) is 4.98 Å². The quantitative estimate of drug-likeness (QED) is 0.586. The minimum atomic E-state index is 0.0370. The van der Waals surface area contributed by atoms with Gasteiger partial charge in [0.2, 0.25) is 0 Å². The Morgan fingerprint density at radius 3 is 3.33 bits per heavy atom. The van der Waals surface area contributed by atoms with Crippen molar-refractivity contribution in [1.82, 2.24) is 9.55 Å². The third-order valence-electron chi connectivity index (χ3n) is 2.53. The molecule has 3 heteroatoms. The highest BCUT2D eigenvalue weighted by Gasteiger charge is 2.20. The first kappa shape index (κ1) is 7.53. The fourth-order valence-corrected chi connectivity index (χ4v) is 1.83. The third-order valence-corrected chi connectivity index (χ3v) is 2.53. The molecule has 0 saturated carbocycles. The lowest BCUT2D eigenvalue weighted by atomic mass is 10.0. The molecule has 0 radical (unpaired) electrons. The van der Waals surface area contributed by atoms with E-state index < -0.39 is 0 Å². The van der Waals surface area contributed by atoms with Gasteiger partial charge < -0.3 is 9.36 Å². The Balaban J connectivity index is 2.45. The average Bonchev–Trinajstić information content (AvgIpc) is 2.48. The first-order valence-corrected chi connectivity index (χ1v) is 4.30. The summed E-state index contributed by atoms with van der Waals surface area (Å²) in [5.41, 5.74) is 2.31. The minimum Gasteiger partial charge on any atom is -0.324 e. The molecule has 1 unspecified atom stereocenters. The lowest BCUT2D eigenvalue weighted by Gasteiger charge is -2.20. The number of hydrogen-bond acceptors (Lipinski definition) is 2. The lowest BCUT2D eigenvalue weighted by Crippen LogP contribution is -2.17. The molecule has 0 spiro atoms.